The molecule has 0 unspecified atom stereocenters. The Balaban J connectivity index is 3.02. The first kappa shape index (κ1) is 15.6. The van der Waals surface area contributed by atoms with Crippen molar-refractivity contribution in [3.05, 3.63) is 28.8 Å². The Bertz CT molecular complexity index is 466. The number of hydroxylamine groups is 1. The monoisotopic (exact) mass is 296 g/mol. The van der Waals surface area contributed by atoms with Gasteiger partial charge in [0.1, 0.15) is 0 Å². The van der Waals surface area contributed by atoms with Crippen molar-refractivity contribution in [3.63, 3.8) is 0 Å². The molecule has 1 aromatic rings. The number of nitrogens with one attached hydrogen (secondary N) is 1. The average Bonchev–Trinajstić information content (AvgIpc) is 2.34. The van der Waals surface area contributed by atoms with Gasteiger partial charge in [0, 0.05) is 6.54 Å². The number of hydrogen-bond donors (Lipinski definition) is 2. The molecule has 0 saturated heterocycles. The highest BCUT2D eigenvalue weighted by Crippen LogP contribution is 2.34. The number of amides is 2. The van der Waals surface area contributed by atoms with E-state index in [9.17, 15) is 23.2 Å². The van der Waals surface area contributed by atoms with E-state index in [-0.39, 0.29) is 16.6 Å². The first-order valence-electron chi connectivity index (χ1n) is 5.41. The molecule has 2 N–H and O–H groups in total. The Morgan fingerprint density at radius 2 is 2.11 bits per heavy atom. The molecule has 19 heavy (non-hydrogen) atoms. The maximum atomic E-state index is 12.5. The molecule has 0 fully saturated rings. The third kappa shape index (κ3) is 4.00. The van der Waals surface area contributed by atoms with Gasteiger partial charge in [-0.1, -0.05) is 18.5 Å². The van der Waals surface area contributed by atoms with Gasteiger partial charge >= 0.3 is 12.2 Å². The molecule has 0 aromatic heterocycles. The van der Waals surface area contributed by atoms with Crippen LogP contribution in [0.25, 0.3) is 0 Å². The van der Waals surface area contributed by atoms with Gasteiger partial charge in [-0.05, 0) is 24.6 Å². The minimum Gasteiger partial charge on any atom is -0.336 e. The fourth-order valence-corrected chi connectivity index (χ4v) is 1.47. The van der Waals surface area contributed by atoms with Crippen molar-refractivity contribution in [1.82, 2.24) is 5.32 Å². The smallest absolute Gasteiger partial charge is 0.336 e. The van der Waals surface area contributed by atoms with E-state index < -0.39 is 23.5 Å². The molecule has 8 heteroatoms. The number of carbonyl (C=O) groups is 1. The van der Waals surface area contributed by atoms with E-state index in [1.165, 1.54) is 0 Å². The summed E-state index contributed by atoms with van der Waals surface area (Å²) in [4.78, 5) is 11.4. The van der Waals surface area contributed by atoms with E-state index in [0.29, 0.717) is 12.5 Å². The number of halogens is 4. The molecule has 1 aromatic carbocycles. The Morgan fingerprint density at radius 1 is 1.47 bits per heavy atom. The zero-order valence-corrected chi connectivity index (χ0v) is 10.7. The van der Waals surface area contributed by atoms with Crippen molar-refractivity contribution in [2.75, 3.05) is 11.6 Å². The van der Waals surface area contributed by atoms with E-state index in [2.05, 4.69) is 5.32 Å². The van der Waals surface area contributed by atoms with Crippen LogP contribution in [0.5, 0.6) is 0 Å². The normalized spacial score (nSPS) is 11.3. The minimum atomic E-state index is -4.58. The lowest BCUT2D eigenvalue weighted by molar-refractivity contribution is -0.137. The van der Waals surface area contributed by atoms with Crippen molar-refractivity contribution in [3.8, 4) is 0 Å². The Hall–Kier alpha value is -1.47. The fourth-order valence-electron chi connectivity index (χ4n) is 1.27. The van der Waals surface area contributed by atoms with Crippen LogP contribution < -0.4 is 10.4 Å². The van der Waals surface area contributed by atoms with Gasteiger partial charge < -0.3 is 5.32 Å². The summed E-state index contributed by atoms with van der Waals surface area (Å²) in [7, 11) is 0. The van der Waals surface area contributed by atoms with Crippen LogP contribution in [-0.2, 0) is 6.18 Å². The van der Waals surface area contributed by atoms with Crippen LogP contribution in [-0.4, -0.2) is 17.8 Å². The van der Waals surface area contributed by atoms with E-state index >= 15 is 0 Å². The first-order valence-corrected chi connectivity index (χ1v) is 5.78. The molecule has 0 spiro atoms. The van der Waals surface area contributed by atoms with Crippen molar-refractivity contribution in [1.29, 1.82) is 0 Å². The summed E-state index contributed by atoms with van der Waals surface area (Å²) in [5, 5.41) is 11.8. The summed E-state index contributed by atoms with van der Waals surface area (Å²) in [6.45, 7) is 2.08. The molecule has 0 saturated carbocycles. The van der Waals surface area contributed by atoms with Gasteiger partial charge in [0.05, 0.1) is 16.3 Å². The zero-order valence-electron chi connectivity index (χ0n) is 9.96. The van der Waals surface area contributed by atoms with E-state index in [1.807, 2.05) is 0 Å². The van der Waals surface area contributed by atoms with Crippen LogP contribution in [0.1, 0.15) is 18.9 Å². The number of urea groups is 1. The van der Waals surface area contributed by atoms with Gasteiger partial charge in [0.25, 0.3) is 0 Å². The molecule has 0 aliphatic rings. The molecule has 106 valence electrons. The summed E-state index contributed by atoms with van der Waals surface area (Å²) in [5.74, 6) is 0. The quantitative estimate of drug-likeness (QED) is 0.660. The van der Waals surface area contributed by atoms with Crippen LogP contribution in [0.4, 0.5) is 23.7 Å². The van der Waals surface area contributed by atoms with Gasteiger partial charge in [0.2, 0.25) is 0 Å². The number of rotatable bonds is 3. The Morgan fingerprint density at radius 3 is 2.63 bits per heavy atom. The summed E-state index contributed by atoms with van der Waals surface area (Å²) in [6.07, 6.45) is -3.96. The number of anilines is 1. The van der Waals surface area contributed by atoms with Gasteiger partial charge in [-0.15, -0.1) is 0 Å². The maximum absolute atomic E-state index is 12.5. The van der Waals surface area contributed by atoms with Crippen molar-refractivity contribution in [2.45, 2.75) is 19.5 Å². The largest absolute Gasteiger partial charge is 0.416 e. The van der Waals surface area contributed by atoms with E-state index in [4.69, 9.17) is 11.6 Å². The minimum absolute atomic E-state index is 0.0627. The lowest BCUT2D eigenvalue weighted by atomic mass is 10.2. The summed E-state index contributed by atoms with van der Waals surface area (Å²) in [5.41, 5.74) is -1.43. The third-order valence-electron chi connectivity index (χ3n) is 2.22. The molecule has 2 amide bonds. The lowest BCUT2D eigenvalue weighted by Gasteiger charge is -2.18. The number of nitrogens with zero attached hydrogens (tertiary/aromatic N) is 1. The molecule has 0 aliphatic heterocycles. The average molecular weight is 297 g/mol. The molecule has 1 rings (SSSR count). The van der Waals surface area contributed by atoms with Crippen molar-refractivity contribution in [2.24, 2.45) is 0 Å². The molecular formula is C11H12ClF3N2O2. The number of hydrogen-bond acceptors (Lipinski definition) is 2. The second kappa shape index (κ2) is 6.12. The Labute approximate surface area is 112 Å². The lowest BCUT2D eigenvalue weighted by Crippen LogP contribution is -2.38. The second-order valence-electron chi connectivity index (χ2n) is 3.71. The van der Waals surface area contributed by atoms with Crippen LogP contribution in [0.3, 0.4) is 0 Å². The van der Waals surface area contributed by atoms with Crippen LogP contribution in [0.15, 0.2) is 18.2 Å². The van der Waals surface area contributed by atoms with Crippen molar-refractivity contribution < 1.29 is 23.2 Å². The zero-order chi connectivity index (χ0) is 14.6. The third-order valence-corrected chi connectivity index (χ3v) is 2.54. The van der Waals surface area contributed by atoms with Crippen molar-refractivity contribution >= 4 is 23.3 Å². The molecule has 4 nitrogen and oxygen atoms in total. The Kier molecular flexibility index (Phi) is 5.02. The van der Waals surface area contributed by atoms with Crippen LogP contribution >= 0.6 is 11.6 Å². The number of carbonyl (C=O) groups excluding carboxylic acids is 1. The number of alkyl halides is 3. The van der Waals surface area contributed by atoms with Gasteiger partial charge in [-0.2, -0.15) is 18.2 Å². The standard InChI is InChI=1S/C11H12ClF3N2O2/c1-2-5-16-10(18)17(19)9-6-7(11(13,14)15)3-4-8(9)12/h3-4,6,19H,2,5H2,1H3,(H,16,18). The fraction of sp³-hybridized carbons (Fsp3) is 0.364. The SMILES string of the molecule is CCCNC(=O)N(O)c1cc(C(F)(F)F)ccc1Cl. The summed E-state index contributed by atoms with van der Waals surface area (Å²) in [6, 6.07) is 1.40. The highest BCUT2D eigenvalue weighted by molar-refractivity contribution is 6.33. The molecular weight excluding hydrogens is 285 g/mol. The van der Waals surface area contributed by atoms with E-state index in [0.717, 1.165) is 12.1 Å². The number of benzene rings is 1. The van der Waals surface area contributed by atoms with Crippen LogP contribution in [0.2, 0.25) is 5.02 Å². The highest BCUT2D eigenvalue weighted by Gasteiger charge is 2.32. The second-order valence-corrected chi connectivity index (χ2v) is 4.11. The molecule has 0 heterocycles. The summed E-state index contributed by atoms with van der Waals surface area (Å²) < 4.78 is 37.6. The van der Waals surface area contributed by atoms with Gasteiger partial charge in [-0.3, -0.25) is 5.21 Å². The van der Waals surface area contributed by atoms with Crippen LogP contribution in [0, 0.1) is 0 Å². The van der Waals surface area contributed by atoms with Gasteiger partial charge in [-0.25, -0.2) is 4.79 Å². The highest BCUT2D eigenvalue weighted by atomic mass is 35.5. The predicted octanol–water partition coefficient (Wildman–Crippen LogP) is 3.67. The summed E-state index contributed by atoms with van der Waals surface area (Å²) >= 11 is 5.67. The van der Waals surface area contributed by atoms with Gasteiger partial charge in [0.15, 0.2) is 0 Å². The first-order chi connectivity index (χ1) is 8.77. The predicted molar refractivity (Wildman–Crippen MR) is 64.4 cm³/mol. The molecule has 0 aliphatic carbocycles. The maximum Gasteiger partial charge on any atom is 0.416 e. The molecule has 0 bridgehead atoms. The molecule has 0 atom stereocenters. The topological polar surface area (TPSA) is 52.6 Å². The molecule has 0 radical (unpaired) electrons. The van der Waals surface area contributed by atoms with E-state index in [1.54, 1.807) is 6.92 Å².